The Morgan fingerprint density at radius 3 is 2.41 bits per heavy atom. The summed E-state index contributed by atoms with van der Waals surface area (Å²) in [4.78, 5) is 25.7. The van der Waals surface area contributed by atoms with Crippen molar-refractivity contribution in [2.75, 3.05) is 11.4 Å². The van der Waals surface area contributed by atoms with E-state index in [1.165, 1.54) is 0 Å². The summed E-state index contributed by atoms with van der Waals surface area (Å²) in [6.07, 6.45) is 9.79. The monoisotopic (exact) mass is 559 g/mol. The van der Waals surface area contributed by atoms with Gasteiger partial charge in [-0.05, 0) is 94.1 Å². The molecule has 7 saturated carbocycles. The van der Waals surface area contributed by atoms with Crippen LogP contribution in [0.1, 0.15) is 114 Å². The number of carbonyl (C=O) groups excluding carboxylic acids is 1. The molecular formula is C32H38FN5O3. The third-order valence-corrected chi connectivity index (χ3v) is 11.1. The van der Waals surface area contributed by atoms with Crippen molar-refractivity contribution in [3.63, 3.8) is 0 Å². The van der Waals surface area contributed by atoms with Crippen molar-refractivity contribution in [3.8, 4) is 11.4 Å². The highest BCUT2D eigenvalue weighted by molar-refractivity contribution is 5.96. The molecule has 3 aromatic rings. The summed E-state index contributed by atoms with van der Waals surface area (Å²) in [5.74, 6) is 3.43. The molecule has 0 radical (unpaired) electrons. The van der Waals surface area contributed by atoms with Gasteiger partial charge in [0.1, 0.15) is 5.67 Å². The van der Waals surface area contributed by atoms with Crippen LogP contribution in [0.4, 0.5) is 10.1 Å². The SMILES string of the molecule is CC(C)c1nc(-c2cccc(N(CC34CCC(c5nc(C6CC6)no5)(CC3)CC4)C(=O)C3CC4(F)CC3C4)c2)no1. The predicted octanol–water partition coefficient (Wildman–Crippen LogP) is 6.88. The molecule has 8 nitrogen and oxygen atoms in total. The topological polar surface area (TPSA) is 98.2 Å². The van der Waals surface area contributed by atoms with E-state index in [1.807, 2.05) is 43.0 Å². The molecule has 2 heterocycles. The van der Waals surface area contributed by atoms with E-state index in [-0.39, 0.29) is 34.5 Å². The van der Waals surface area contributed by atoms with Crippen LogP contribution >= 0.6 is 0 Å². The second-order valence-electron chi connectivity index (χ2n) is 14.2. The largest absolute Gasteiger partial charge is 0.339 e. The van der Waals surface area contributed by atoms with Gasteiger partial charge in [0.15, 0.2) is 5.82 Å². The van der Waals surface area contributed by atoms with Gasteiger partial charge in [-0.3, -0.25) is 4.79 Å². The summed E-state index contributed by atoms with van der Waals surface area (Å²) in [6.45, 7) is 4.69. The summed E-state index contributed by atoms with van der Waals surface area (Å²) in [6, 6.07) is 7.92. The highest BCUT2D eigenvalue weighted by Gasteiger charge is 2.60. The molecular weight excluding hydrogens is 521 g/mol. The Hall–Kier alpha value is -3.10. The Labute approximate surface area is 239 Å². The molecule has 7 aliphatic carbocycles. The van der Waals surface area contributed by atoms with Gasteiger partial charge < -0.3 is 13.9 Å². The van der Waals surface area contributed by atoms with Gasteiger partial charge in [0.05, 0.1) is 0 Å². The molecule has 7 aliphatic rings. The maximum atomic E-state index is 15.0. The lowest BCUT2D eigenvalue weighted by molar-refractivity contribution is -0.123. The summed E-state index contributed by atoms with van der Waals surface area (Å²) in [7, 11) is 0. The average Bonchev–Trinajstić information content (AvgIpc) is 3.33. The van der Waals surface area contributed by atoms with Crippen LogP contribution in [-0.4, -0.2) is 38.4 Å². The number of hydrogen-bond acceptors (Lipinski definition) is 7. The first-order valence-electron chi connectivity index (χ1n) is 15.5. The molecule has 4 bridgehead atoms. The van der Waals surface area contributed by atoms with Crippen LogP contribution < -0.4 is 4.90 Å². The van der Waals surface area contributed by atoms with Crippen LogP contribution in [0.25, 0.3) is 11.4 Å². The van der Waals surface area contributed by atoms with Crippen LogP contribution in [-0.2, 0) is 10.2 Å². The van der Waals surface area contributed by atoms with Crippen LogP contribution in [0.5, 0.6) is 0 Å². The van der Waals surface area contributed by atoms with Crippen molar-refractivity contribution in [1.29, 1.82) is 0 Å². The number of anilines is 1. The molecule has 41 heavy (non-hydrogen) atoms. The first kappa shape index (κ1) is 25.6. The van der Waals surface area contributed by atoms with E-state index in [1.54, 1.807) is 0 Å². The molecule has 2 aromatic heterocycles. The molecule has 0 N–H and O–H groups in total. The second kappa shape index (κ2) is 8.95. The number of hydrogen-bond donors (Lipinski definition) is 0. The molecule has 0 saturated heterocycles. The number of fused-ring (bicyclic) bond motifs is 4. The summed E-state index contributed by atoms with van der Waals surface area (Å²) in [5.41, 5.74) is 0.506. The molecule has 216 valence electrons. The minimum atomic E-state index is -1.15. The molecule has 9 heteroatoms. The van der Waals surface area contributed by atoms with E-state index in [9.17, 15) is 9.18 Å². The van der Waals surface area contributed by atoms with Gasteiger partial charge in [0.2, 0.25) is 23.5 Å². The van der Waals surface area contributed by atoms with Gasteiger partial charge in [0, 0.05) is 41.0 Å². The first-order chi connectivity index (χ1) is 19.7. The van der Waals surface area contributed by atoms with Crippen molar-refractivity contribution in [2.24, 2.45) is 17.3 Å². The van der Waals surface area contributed by atoms with Crippen LogP contribution in [0.2, 0.25) is 0 Å². The third kappa shape index (κ3) is 4.24. The van der Waals surface area contributed by atoms with E-state index >= 15 is 0 Å². The highest BCUT2D eigenvalue weighted by Crippen LogP contribution is 2.60. The summed E-state index contributed by atoms with van der Waals surface area (Å²) < 4.78 is 26.2. The van der Waals surface area contributed by atoms with Gasteiger partial charge >= 0.3 is 0 Å². The second-order valence-corrected chi connectivity index (χ2v) is 14.2. The zero-order chi connectivity index (χ0) is 28.0. The van der Waals surface area contributed by atoms with Crippen LogP contribution in [0.3, 0.4) is 0 Å². The van der Waals surface area contributed by atoms with Gasteiger partial charge in [-0.15, -0.1) is 0 Å². The number of alkyl halides is 1. The van der Waals surface area contributed by atoms with E-state index in [0.717, 1.165) is 74.3 Å². The Bertz CT molecular complexity index is 1460. The molecule has 1 unspecified atom stereocenters. The van der Waals surface area contributed by atoms with Crippen molar-refractivity contribution >= 4 is 11.6 Å². The van der Waals surface area contributed by atoms with Crippen LogP contribution in [0, 0.1) is 17.3 Å². The molecule has 1 atom stereocenters. The van der Waals surface area contributed by atoms with Crippen molar-refractivity contribution in [3.05, 3.63) is 41.9 Å². The Balaban J connectivity index is 1.07. The van der Waals surface area contributed by atoms with E-state index in [4.69, 9.17) is 14.0 Å². The van der Waals surface area contributed by atoms with Gasteiger partial charge in [-0.2, -0.15) is 9.97 Å². The van der Waals surface area contributed by atoms with Gasteiger partial charge in [-0.1, -0.05) is 36.3 Å². The van der Waals surface area contributed by atoms with Crippen molar-refractivity contribution < 1.29 is 18.2 Å². The quantitative estimate of drug-likeness (QED) is 0.297. The fourth-order valence-electron chi connectivity index (χ4n) is 8.19. The van der Waals surface area contributed by atoms with Gasteiger partial charge in [0.25, 0.3) is 0 Å². The number of nitrogens with zero attached hydrogens (tertiary/aromatic N) is 5. The lowest BCUT2D eigenvalue weighted by atomic mass is 9.53. The Morgan fingerprint density at radius 1 is 1.02 bits per heavy atom. The van der Waals surface area contributed by atoms with Gasteiger partial charge in [-0.25, -0.2) is 4.39 Å². The Kier molecular flexibility index (Phi) is 5.59. The first-order valence-corrected chi connectivity index (χ1v) is 15.5. The summed E-state index contributed by atoms with van der Waals surface area (Å²) >= 11 is 0. The number of halogens is 1. The fourth-order valence-corrected chi connectivity index (χ4v) is 8.19. The number of benzene rings is 1. The van der Waals surface area contributed by atoms with Crippen LogP contribution in [0.15, 0.2) is 33.3 Å². The molecule has 0 aliphatic heterocycles. The number of rotatable bonds is 8. The lowest BCUT2D eigenvalue weighted by Gasteiger charge is -2.53. The molecule has 1 amide bonds. The van der Waals surface area contributed by atoms with Crippen molar-refractivity contribution in [2.45, 2.75) is 107 Å². The number of carbonyl (C=O) groups is 1. The predicted molar refractivity (Wildman–Crippen MR) is 149 cm³/mol. The smallest absolute Gasteiger partial charge is 0.232 e. The minimum absolute atomic E-state index is 0.0265. The van der Waals surface area contributed by atoms with E-state index in [0.29, 0.717) is 43.4 Å². The lowest BCUT2D eigenvalue weighted by Crippen LogP contribution is -2.51. The third-order valence-electron chi connectivity index (χ3n) is 11.1. The van der Waals surface area contributed by atoms with Crippen molar-refractivity contribution in [1.82, 2.24) is 20.3 Å². The molecule has 7 fully saturated rings. The number of amides is 1. The fraction of sp³-hybridized carbons (Fsp3) is 0.656. The molecule has 0 spiro atoms. The zero-order valence-corrected chi connectivity index (χ0v) is 23.9. The maximum absolute atomic E-state index is 15.0. The Morgan fingerprint density at radius 2 is 1.78 bits per heavy atom. The molecule has 1 aromatic carbocycles. The molecule has 10 rings (SSSR count). The number of aromatic nitrogens is 4. The zero-order valence-electron chi connectivity index (χ0n) is 23.9. The standard InChI is InChI=1S/C32H38FN5O3/c1-19(2)27-34-26(36-40-27)21-4-3-5-23(14-21)38(28(39)24-17-32(33)15-22(24)16-32)18-30-8-11-31(12-9-30,13-10-30)29-35-25(37-41-29)20-6-7-20/h3-5,14,19-20,22,24H,6-13,15-18H2,1-2H3. The maximum Gasteiger partial charge on any atom is 0.232 e. The average molecular weight is 560 g/mol. The summed E-state index contributed by atoms with van der Waals surface area (Å²) in [5, 5.41) is 8.51. The van der Waals surface area contributed by atoms with E-state index < -0.39 is 5.67 Å². The normalized spacial score (nSPS) is 33.8. The highest BCUT2D eigenvalue weighted by atomic mass is 19.1. The van der Waals surface area contributed by atoms with E-state index in [2.05, 4.69) is 15.3 Å². The minimum Gasteiger partial charge on any atom is -0.339 e.